The largest absolute Gasteiger partial charge is 0.309 e. The molecule has 2 aromatic heterocycles. The predicted molar refractivity (Wildman–Crippen MR) is 270 cm³/mol. The summed E-state index contributed by atoms with van der Waals surface area (Å²) in [5.41, 5.74) is 11.9. The molecule has 0 unspecified atom stereocenters. The van der Waals surface area contributed by atoms with Gasteiger partial charge in [-0.25, -0.2) is 0 Å². The van der Waals surface area contributed by atoms with Crippen LogP contribution in [0.25, 0.3) is 77.2 Å². The Morgan fingerprint density at radius 1 is 0.254 bits per heavy atom. The van der Waals surface area contributed by atoms with Crippen molar-refractivity contribution in [3.05, 3.63) is 255 Å². The zero-order valence-corrected chi connectivity index (χ0v) is 35.6. The van der Waals surface area contributed by atoms with Gasteiger partial charge in [-0.3, -0.25) is 0 Å². The second kappa shape index (κ2) is 15.2. The Morgan fingerprint density at radius 3 is 1.41 bits per heavy atom. The second-order valence-corrected chi connectivity index (χ2v) is 20.3. The number of hydrogen-bond acceptors (Lipinski definition) is 0. The lowest BCUT2D eigenvalue weighted by Crippen LogP contribution is -2.74. The molecule has 3 heteroatoms. The van der Waals surface area contributed by atoms with E-state index < -0.39 is 8.07 Å². The molecule has 0 aliphatic rings. The second-order valence-electron chi connectivity index (χ2n) is 16.5. The third-order valence-corrected chi connectivity index (χ3v) is 17.8. The van der Waals surface area contributed by atoms with Gasteiger partial charge >= 0.3 is 0 Å². The van der Waals surface area contributed by atoms with Crippen molar-refractivity contribution in [1.82, 2.24) is 9.13 Å². The smallest absolute Gasteiger partial charge is 0.179 e. The molecule has 0 atom stereocenters. The SMILES string of the molecule is c1ccc(-c2cccc(-c3ccccc3-n3c4ccccc4c4cc(-n5c6ccccc6c6ccc([Si](c7ccccc7)(c7ccccc7)c7ccccc7)cc65)ccc43)c2)cc1. The van der Waals surface area contributed by atoms with E-state index >= 15 is 0 Å². The van der Waals surface area contributed by atoms with Gasteiger partial charge in [0.1, 0.15) is 0 Å². The minimum absolute atomic E-state index is 1.14. The van der Waals surface area contributed by atoms with Crippen LogP contribution in [0.4, 0.5) is 0 Å². The molecule has 0 fully saturated rings. The molecular weight excluding hydrogens is 777 g/mol. The first kappa shape index (κ1) is 36.8. The quantitative estimate of drug-likeness (QED) is 0.107. The molecule has 0 amide bonds. The van der Waals surface area contributed by atoms with E-state index in [1.807, 2.05) is 0 Å². The van der Waals surface area contributed by atoms with Crippen molar-refractivity contribution in [3.8, 4) is 33.6 Å². The zero-order valence-electron chi connectivity index (χ0n) is 34.6. The van der Waals surface area contributed by atoms with E-state index in [1.54, 1.807) is 0 Å². The lowest BCUT2D eigenvalue weighted by atomic mass is 9.98. The summed E-state index contributed by atoms with van der Waals surface area (Å²) < 4.78 is 4.96. The highest BCUT2D eigenvalue weighted by Gasteiger charge is 2.41. The van der Waals surface area contributed by atoms with Crippen molar-refractivity contribution in [2.45, 2.75) is 0 Å². The van der Waals surface area contributed by atoms with Crippen LogP contribution in [0.2, 0.25) is 0 Å². The summed E-state index contributed by atoms with van der Waals surface area (Å²) in [6, 6.07) is 94.2. The van der Waals surface area contributed by atoms with E-state index in [-0.39, 0.29) is 0 Å². The highest BCUT2D eigenvalue weighted by Crippen LogP contribution is 2.39. The number of benzene rings is 10. The van der Waals surface area contributed by atoms with Crippen molar-refractivity contribution >= 4 is 72.4 Å². The van der Waals surface area contributed by atoms with Crippen LogP contribution in [-0.4, -0.2) is 17.2 Å². The molecule has 0 N–H and O–H groups in total. The fourth-order valence-electron chi connectivity index (χ4n) is 10.3. The van der Waals surface area contributed by atoms with Gasteiger partial charge < -0.3 is 9.13 Å². The van der Waals surface area contributed by atoms with E-state index in [2.05, 4.69) is 264 Å². The van der Waals surface area contributed by atoms with Gasteiger partial charge in [-0.1, -0.05) is 206 Å². The average molecular weight is 819 g/mol. The Hall–Kier alpha value is -7.98. The molecule has 10 aromatic carbocycles. The highest BCUT2D eigenvalue weighted by molar-refractivity contribution is 7.20. The first-order chi connectivity index (χ1) is 31.3. The van der Waals surface area contributed by atoms with Gasteiger partial charge in [0.05, 0.1) is 27.8 Å². The summed E-state index contributed by atoms with van der Waals surface area (Å²) in [5, 5.41) is 10.4. The molecule has 63 heavy (non-hydrogen) atoms. The molecule has 0 spiro atoms. The molecule has 0 aliphatic heterocycles. The van der Waals surface area contributed by atoms with Crippen LogP contribution in [0.1, 0.15) is 0 Å². The molecule has 0 bridgehead atoms. The summed E-state index contributed by atoms with van der Waals surface area (Å²) >= 11 is 0. The number of hydrogen-bond donors (Lipinski definition) is 0. The topological polar surface area (TPSA) is 9.86 Å². The van der Waals surface area contributed by atoms with Crippen molar-refractivity contribution in [3.63, 3.8) is 0 Å². The van der Waals surface area contributed by atoms with E-state index in [0.717, 1.165) is 11.4 Å². The minimum Gasteiger partial charge on any atom is -0.309 e. The van der Waals surface area contributed by atoms with Crippen LogP contribution in [0.3, 0.4) is 0 Å². The maximum absolute atomic E-state index is 2.78. The fourth-order valence-corrected chi connectivity index (χ4v) is 15.1. The first-order valence-corrected chi connectivity index (χ1v) is 23.8. The number of rotatable bonds is 8. The number of aromatic nitrogens is 2. The molecule has 296 valence electrons. The summed E-state index contributed by atoms with van der Waals surface area (Å²) in [7, 11) is -2.78. The van der Waals surface area contributed by atoms with Crippen LogP contribution in [0.15, 0.2) is 255 Å². The Morgan fingerprint density at radius 2 is 0.746 bits per heavy atom. The fraction of sp³-hybridized carbons (Fsp3) is 0. The van der Waals surface area contributed by atoms with E-state index in [9.17, 15) is 0 Å². The number of para-hydroxylation sites is 3. The summed E-state index contributed by atoms with van der Waals surface area (Å²) in [6.45, 7) is 0. The zero-order chi connectivity index (χ0) is 41.7. The summed E-state index contributed by atoms with van der Waals surface area (Å²) in [4.78, 5) is 0. The van der Waals surface area contributed by atoms with Gasteiger partial charge in [-0.15, -0.1) is 0 Å². The van der Waals surface area contributed by atoms with E-state index in [0.29, 0.717) is 0 Å². The highest BCUT2D eigenvalue weighted by atomic mass is 28.3. The van der Waals surface area contributed by atoms with Crippen LogP contribution in [-0.2, 0) is 0 Å². The molecule has 0 saturated carbocycles. The Bertz CT molecular complexity index is 3510. The summed E-state index contributed by atoms with van der Waals surface area (Å²) in [5.74, 6) is 0. The number of nitrogens with zero attached hydrogens (tertiary/aromatic N) is 2. The van der Waals surface area contributed by atoms with Crippen LogP contribution in [0.5, 0.6) is 0 Å². The molecule has 2 nitrogen and oxygen atoms in total. The van der Waals surface area contributed by atoms with Crippen molar-refractivity contribution in [1.29, 1.82) is 0 Å². The lowest BCUT2D eigenvalue weighted by molar-refractivity contribution is 1.17. The monoisotopic (exact) mass is 818 g/mol. The van der Waals surface area contributed by atoms with Gasteiger partial charge in [-0.05, 0) is 86.0 Å². The predicted octanol–water partition coefficient (Wildman–Crippen LogP) is 12.6. The third-order valence-electron chi connectivity index (χ3n) is 13.1. The molecule has 0 saturated heterocycles. The summed E-state index contributed by atoms with van der Waals surface area (Å²) in [6.07, 6.45) is 0. The first-order valence-electron chi connectivity index (χ1n) is 21.8. The molecule has 12 rings (SSSR count). The molecule has 0 aliphatic carbocycles. The van der Waals surface area contributed by atoms with E-state index in [4.69, 9.17) is 0 Å². The maximum Gasteiger partial charge on any atom is 0.179 e. The van der Waals surface area contributed by atoms with Crippen molar-refractivity contribution in [2.75, 3.05) is 0 Å². The van der Waals surface area contributed by atoms with Crippen LogP contribution in [0, 0.1) is 0 Å². The van der Waals surface area contributed by atoms with Crippen LogP contribution >= 0.6 is 0 Å². The molecule has 0 radical (unpaired) electrons. The molecule has 2 heterocycles. The Kier molecular flexibility index (Phi) is 8.87. The van der Waals surface area contributed by atoms with Gasteiger partial charge in [-0.2, -0.15) is 0 Å². The lowest BCUT2D eigenvalue weighted by Gasteiger charge is -2.34. The Labute approximate surface area is 368 Å². The standard InChI is InChI=1S/C60H42N2Si/c1-5-20-43(21-6-1)44-22-19-23-45(40-44)51-30-13-16-33-56(51)62-58-35-18-15-32-53(58)55-41-46(36-39-59(55)62)61-57-34-17-14-31-52(57)54-38-37-50(42-60(54)61)63(47-24-7-2-8-25-47,48-26-9-3-10-27-48)49-28-11-4-12-29-49/h1-42H. The minimum atomic E-state index is -2.78. The third kappa shape index (κ3) is 5.93. The van der Waals surface area contributed by atoms with Gasteiger partial charge in [0.2, 0.25) is 0 Å². The van der Waals surface area contributed by atoms with Gasteiger partial charge in [0, 0.05) is 32.8 Å². The normalized spacial score (nSPS) is 11.8. The Balaban J connectivity index is 1.09. The maximum atomic E-state index is 2.52. The van der Waals surface area contributed by atoms with Gasteiger partial charge in [0.15, 0.2) is 8.07 Å². The van der Waals surface area contributed by atoms with E-state index in [1.165, 1.54) is 86.6 Å². The molecule has 12 aromatic rings. The average Bonchev–Trinajstić information content (AvgIpc) is 3.88. The van der Waals surface area contributed by atoms with Crippen molar-refractivity contribution in [2.24, 2.45) is 0 Å². The van der Waals surface area contributed by atoms with Crippen molar-refractivity contribution < 1.29 is 0 Å². The molecular formula is C60H42N2Si. The van der Waals surface area contributed by atoms with Crippen LogP contribution < -0.4 is 20.7 Å². The number of fused-ring (bicyclic) bond motifs is 6. The van der Waals surface area contributed by atoms with Gasteiger partial charge in [0.25, 0.3) is 0 Å².